The summed E-state index contributed by atoms with van der Waals surface area (Å²) in [6.07, 6.45) is 2.36. The molecule has 2 aromatic rings. The van der Waals surface area contributed by atoms with Crippen molar-refractivity contribution in [3.05, 3.63) is 28.7 Å². The molecule has 0 aromatic carbocycles. The topological polar surface area (TPSA) is 31.0 Å². The molecule has 0 saturated carbocycles. The summed E-state index contributed by atoms with van der Waals surface area (Å²) in [5, 5.41) is 0.626. The molecule has 0 radical (unpaired) electrons. The summed E-state index contributed by atoms with van der Waals surface area (Å²) in [6.45, 7) is 5.12. The second kappa shape index (κ2) is 3.91. The van der Waals surface area contributed by atoms with Crippen molar-refractivity contribution in [1.29, 1.82) is 0 Å². The van der Waals surface area contributed by atoms with Crippen LogP contribution >= 0.6 is 11.6 Å². The van der Waals surface area contributed by atoms with Crippen molar-refractivity contribution < 1.29 is 4.42 Å². The fourth-order valence-corrected chi connectivity index (χ4v) is 2.94. The van der Waals surface area contributed by atoms with E-state index in [-0.39, 0.29) is 0 Å². The van der Waals surface area contributed by atoms with Gasteiger partial charge in [-0.15, -0.1) is 0 Å². The molecule has 3 heterocycles. The Labute approximate surface area is 105 Å². The number of aryl methyl sites for hydroxylation is 1. The van der Waals surface area contributed by atoms with E-state index in [0.717, 1.165) is 29.6 Å². The molecule has 90 valence electrons. The minimum atomic E-state index is 0.480. The summed E-state index contributed by atoms with van der Waals surface area (Å²) in [5.41, 5.74) is 1.15. The zero-order valence-corrected chi connectivity index (χ0v) is 10.8. The first-order chi connectivity index (χ1) is 8.16. The third kappa shape index (κ3) is 1.69. The lowest BCUT2D eigenvalue weighted by Crippen LogP contribution is -2.14. The smallest absolute Gasteiger partial charge is 0.177 e. The van der Waals surface area contributed by atoms with E-state index in [9.17, 15) is 0 Å². The second-order valence-electron chi connectivity index (χ2n) is 4.72. The van der Waals surface area contributed by atoms with Crippen LogP contribution in [0.15, 0.2) is 16.5 Å². The molecule has 0 fully saturated rings. The van der Waals surface area contributed by atoms with Crippen LogP contribution in [0.1, 0.15) is 37.1 Å². The first-order valence-corrected chi connectivity index (χ1v) is 6.37. The van der Waals surface area contributed by atoms with Gasteiger partial charge in [0.05, 0.1) is 5.69 Å². The monoisotopic (exact) mass is 250 g/mol. The Morgan fingerprint density at radius 3 is 3.00 bits per heavy atom. The standard InChI is InChI=1S/C13H15ClN2O/c1-8-4-3-7-16-11(8)12(14)15-13(16)10-6-5-9(2)17-10/h5-6,8H,3-4,7H2,1-2H3. The summed E-state index contributed by atoms with van der Waals surface area (Å²) in [5.74, 6) is 3.06. The molecule has 0 bridgehead atoms. The summed E-state index contributed by atoms with van der Waals surface area (Å²) >= 11 is 6.24. The van der Waals surface area contributed by atoms with Gasteiger partial charge in [0.25, 0.3) is 0 Å². The second-order valence-corrected chi connectivity index (χ2v) is 5.07. The maximum absolute atomic E-state index is 6.24. The van der Waals surface area contributed by atoms with Crippen molar-refractivity contribution in [2.75, 3.05) is 0 Å². The number of rotatable bonds is 1. The number of imidazole rings is 1. The van der Waals surface area contributed by atoms with Gasteiger partial charge in [-0.1, -0.05) is 18.5 Å². The third-order valence-electron chi connectivity index (χ3n) is 3.41. The van der Waals surface area contributed by atoms with E-state index in [1.165, 1.54) is 12.8 Å². The lowest BCUT2D eigenvalue weighted by atomic mass is 9.98. The molecule has 3 rings (SSSR count). The highest BCUT2D eigenvalue weighted by Gasteiger charge is 2.25. The van der Waals surface area contributed by atoms with Crippen LogP contribution in [0.3, 0.4) is 0 Å². The third-order valence-corrected chi connectivity index (χ3v) is 3.69. The molecule has 1 aliphatic rings. The molecule has 0 saturated heterocycles. The van der Waals surface area contributed by atoms with E-state index in [2.05, 4.69) is 16.5 Å². The van der Waals surface area contributed by atoms with Gasteiger partial charge in [0.15, 0.2) is 16.7 Å². The van der Waals surface area contributed by atoms with Gasteiger partial charge in [-0.3, -0.25) is 0 Å². The molecule has 0 amide bonds. The molecular formula is C13H15ClN2O. The van der Waals surface area contributed by atoms with Crippen LogP contribution in [0.2, 0.25) is 5.15 Å². The van der Waals surface area contributed by atoms with Gasteiger partial charge in [-0.25, -0.2) is 4.98 Å². The number of fused-ring (bicyclic) bond motifs is 1. The molecule has 2 aromatic heterocycles. The Kier molecular flexibility index (Phi) is 2.51. The van der Waals surface area contributed by atoms with Crippen LogP contribution in [-0.2, 0) is 6.54 Å². The minimum Gasteiger partial charge on any atom is -0.458 e. The fraction of sp³-hybridized carbons (Fsp3) is 0.462. The van der Waals surface area contributed by atoms with E-state index in [1.807, 2.05) is 19.1 Å². The highest BCUT2D eigenvalue weighted by Crippen LogP contribution is 2.36. The van der Waals surface area contributed by atoms with E-state index >= 15 is 0 Å². The van der Waals surface area contributed by atoms with E-state index in [1.54, 1.807) is 0 Å². The molecule has 0 aliphatic carbocycles. The van der Waals surface area contributed by atoms with Gasteiger partial charge < -0.3 is 8.98 Å². The molecule has 1 aliphatic heterocycles. The normalized spacial score (nSPS) is 19.4. The summed E-state index contributed by atoms with van der Waals surface area (Å²) in [7, 11) is 0. The van der Waals surface area contributed by atoms with Gasteiger partial charge in [0.2, 0.25) is 0 Å². The molecule has 1 atom stereocenters. The zero-order chi connectivity index (χ0) is 12.0. The maximum atomic E-state index is 6.24. The first-order valence-electron chi connectivity index (χ1n) is 5.99. The number of furan rings is 1. The predicted octanol–water partition coefficient (Wildman–Crippen LogP) is 4.00. The number of halogens is 1. The Balaban J connectivity index is 2.16. The minimum absolute atomic E-state index is 0.480. The van der Waals surface area contributed by atoms with Crippen molar-refractivity contribution in [2.24, 2.45) is 0 Å². The van der Waals surface area contributed by atoms with Crippen molar-refractivity contribution in [1.82, 2.24) is 9.55 Å². The zero-order valence-electron chi connectivity index (χ0n) is 10.0. The van der Waals surface area contributed by atoms with Crippen LogP contribution in [0, 0.1) is 6.92 Å². The molecule has 4 heteroatoms. The lowest BCUT2D eigenvalue weighted by molar-refractivity contribution is 0.470. The molecule has 0 N–H and O–H groups in total. The number of hydrogen-bond acceptors (Lipinski definition) is 2. The lowest BCUT2D eigenvalue weighted by Gasteiger charge is -2.21. The van der Waals surface area contributed by atoms with Crippen molar-refractivity contribution >= 4 is 11.6 Å². The fourth-order valence-electron chi connectivity index (χ4n) is 2.57. The molecule has 3 nitrogen and oxygen atoms in total. The Hall–Kier alpha value is -1.22. The highest BCUT2D eigenvalue weighted by molar-refractivity contribution is 6.30. The van der Waals surface area contributed by atoms with Crippen molar-refractivity contribution in [3.8, 4) is 11.6 Å². The van der Waals surface area contributed by atoms with Gasteiger partial charge in [-0.05, 0) is 37.8 Å². The van der Waals surface area contributed by atoms with Crippen LogP contribution < -0.4 is 0 Å². The van der Waals surface area contributed by atoms with Gasteiger partial charge >= 0.3 is 0 Å². The molecular weight excluding hydrogens is 236 g/mol. The highest BCUT2D eigenvalue weighted by atomic mass is 35.5. The summed E-state index contributed by atoms with van der Waals surface area (Å²) < 4.78 is 7.85. The van der Waals surface area contributed by atoms with Gasteiger partial charge in [-0.2, -0.15) is 0 Å². The van der Waals surface area contributed by atoms with Crippen molar-refractivity contribution in [3.63, 3.8) is 0 Å². The summed E-state index contributed by atoms with van der Waals surface area (Å²) in [6, 6.07) is 3.91. The Morgan fingerprint density at radius 2 is 2.29 bits per heavy atom. The van der Waals surface area contributed by atoms with Gasteiger partial charge in [0.1, 0.15) is 5.76 Å². The van der Waals surface area contributed by atoms with E-state index < -0.39 is 0 Å². The SMILES string of the molecule is Cc1ccc(-c2nc(Cl)c3n2CCCC3C)o1. The molecule has 1 unspecified atom stereocenters. The first kappa shape index (κ1) is 10.9. The van der Waals surface area contributed by atoms with Crippen LogP contribution in [-0.4, -0.2) is 9.55 Å². The molecule has 0 spiro atoms. The Morgan fingerprint density at radius 1 is 1.47 bits per heavy atom. The van der Waals surface area contributed by atoms with Crippen molar-refractivity contribution in [2.45, 2.75) is 39.2 Å². The number of hydrogen-bond donors (Lipinski definition) is 0. The van der Waals surface area contributed by atoms with Gasteiger partial charge in [0, 0.05) is 6.54 Å². The van der Waals surface area contributed by atoms with Crippen LogP contribution in [0.25, 0.3) is 11.6 Å². The van der Waals surface area contributed by atoms with Crippen LogP contribution in [0.4, 0.5) is 0 Å². The average Bonchev–Trinajstić information content (AvgIpc) is 2.84. The quantitative estimate of drug-likeness (QED) is 0.766. The summed E-state index contributed by atoms with van der Waals surface area (Å²) in [4.78, 5) is 4.46. The average molecular weight is 251 g/mol. The van der Waals surface area contributed by atoms with Crippen LogP contribution in [0.5, 0.6) is 0 Å². The maximum Gasteiger partial charge on any atom is 0.177 e. The Bertz CT molecular complexity index is 556. The predicted molar refractivity (Wildman–Crippen MR) is 67.3 cm³/mol. The largest absolute Gasteiger partial charge is 0.458 e. The van der Waals surface area contributed by atoms with E-state index in [4.69, 9.17) is 16.0 Å². The number of nitrogens with zero attached hydrogens (tertiary/aromatic N) is 2. The number of aromatic nitrogens is 2. The molecule has 17 heavy (non-hydrogen) atoms. The van der Waals surface area contributed by atoms with E-state index in [0.29, 0.717) is 11.1 Å².